The standard InChI is InChI=1S/C18H17NO2/c1-21-14-5-3-13(4-6-14)19-17-9-7-15(17)16-10-12(11-20)2-8-18(16)19/h2-6,8,10-11,15,17H,7,9H2,1H3. The van der Waals surface area contributed by atoms with Gasteiger partial charge in [-0.2, -0.15) is 0 Å². The zero-order valence-corrected chi connectivity index (χ0v) is 12.0. The second-order valence-corrected chi connectivity index (χ2v) is 5.76. The van der Waals surface area contributed by atoms with Crippen molar-refractivity contribution >= 4 is 17.7 Å². The number of anilines is 2. The first-order valence-corrected chi connectivity index (χ1v) is 7.34. The SMILES string of the molecule is COc1ccc(N2c3ccc(C=O)cc3C3CCC32)cc1. The smallest absolute Gasteiger partial charge is 0.150 e. The monoisotopic (exact) mass is 279 g/mol. The number of methoxy groups -OCH3 is 1. The van der Waals surface area contributed by atoms with Crippen LogP contribution in [-0.4, -0.2) is 19.4 Å². The first-order chi connectivity index (χ1) is 10.3. The van der Waals surface area contributed by atoms with E-state index in [1.165, 1.54) is 29.8 Å². The van der Waals surface area contributed by atoms with Crippen molar-refractivity contribution in [3.05, 3.63) is 53.6 Å². The number of hydrogen-bond acceptors (Lipinski definition) is 3. The van der Waals surface area contributed by atoms with Crippen LogP contribution < -0.4 is 9.64 Å². The lowest BCUT2D eigenvalue weighted by atomic mass is 9.77. The lowest BCUT2D eigenvalue weighted by Gasteiger charge is -2.37. The van der Waals surface area contributed by atoms with Gasteiger partial charge in [0.15, 0.2) is 0 Å². The van der Waals surface area contributed by atoms with Crippen LogP contribution in [0.5, 0.6) is 5.75 Å². The van der Waals surface area contributed by atoms with Crippen LogP contribution in [0.4, 0.5) is 11.4 Å². The zero-order chi connectivity index (χ0) is 14.4. The Morgan fingerprint density at radius 1 is 1.14 bits per heavy atom. The number of fused-ring (bicyclic) bond motifs is 3. The molecule has 2 aromatic carbocycles. The molecule has 0 bridgehead atoms. The number of carbonyl (C=O) groups excluding carboxylic acids is 1. The van der Waals surface area contributed by atoms with Gasteiger partial charge >= 0.3 is 0 Å². The van der Waals surface area contributed by atoms with Crippen LogP contribution in [0, 0.1) is 0 Å². The molecule has 2 aromatic rings. The normalized spacial score (nSPS) is 22.2. The van der Waals surface area contributed by atoms with Crippen molar-refractivity contribution in [2.45, 2.75) is 24.8 Å². The van der Waals surface area contributed by atoms with Gasteiger partial charge in [0.25, 0.3) is 0 Å². The number of carbonyl (C=O) groups is 1. The molecule has 1 heterocycles. The van der Waals surface area contributed by atoms with Gasteiger partial charge in [-0.15, -0.1) is 0 Å². The summed E-state index contributed by atoms with van der Waals surface area (Å²) in [6.45, 7) is 0. The minimum atomic E-state index is 0.537. The maximum absolute atomic E-state index is 11.0. The number of ether oxygens (including phenoxy) is 1. The van der Waals surface area contributed by atoms with E-state index in [-0.39, 0.29) is 0 Å². The van der Waals surface area contributed by atoms with Crippen LogP contribution in [0.25, 0.3) is 0 Å². The van der Waals surface area contributed by atoms with Crippen LogP contribution in [-0.2, 0) is 0 Å². The third kappa shape index (κ3) is 1.77. The topological polar surface area (TPSA) is 29.5 Å². The van der Waals surface area contributed by atoms with E-state index in [1.807, 2.05) is 18.2 Å². The van der Waals surface area contributed by atoms with Crippen molar-refractivity contribution in [2.75, 3.05) is 12.0 Å². The van der Waals surface area contributed by atoms with E-state index in [0.29, 0.717) is 12.0 Å². The van der Waals surface area contributed by atoms with Gasteiger partial charge < -0.3 is 9.64 Å². The summed E-state index contributed by atoms with van der Waals surface area (Å²) in [4.78, 5) is 13.4. The molecule has 3 nitrogen and oxygen atoms in total. The Kier molecular flexibility index (Phi) is 2.74. The molecule has 0 radical (unpaired) electrons. The second-order valence-electron chi connectivity index (χ2n) is 5.76. The summed E-state index contributed by atoms with van der Waals surface area (Å²) in [7, 11) is 1.68. The highest BCUT2D eigenvalue weighted by Gasteiger charge is 2.45. The first kappa shape index (κ1) is 12.5. The highest BCUT2D eigenvalue weighted by atomic mass is 16.5. The lowest BCUT2D eigenvalue weighted by molar-refractivity contribution is 0.112. The largest absolute Gasteiger partial charge is 0.497 e. The minimum absolute atomic E-state index is 0.537. The summed E-state index contributed by atoms with van der Waals surface area (Å²) >= 11 is 0. The molecule has 21 heavy (non-hydrogen) atoms. The van der Waals surface area contributed by atoms with Gasteiger partial charge in [0.2, 0.25) is 0 Å². The fourth-order valence-corrected chi connectivity index (χ4v) is 3.57. The maximum Gasteiger partial charge on any atom is 0.150 e. The van der Waals surface area contributed by atoms with Gasteiger partial charge in [0.1, 0.15) is 12.0 Å². The summed E-state index contributed by atoms with van der Waals surface area (Å²) < 4.78 is 5.24. The molecule has 1 aliphatic carbocycles. The molecule has 1 aliphatic heterocycles. The van der Waals surface area contributed by atoms with Crippen molar-refractivity contribution in [2.24, 2.45) is 0 Å². The van der Waals surface area contributed by atoms with Crippen molar-refractivity contribution in [3.8, 4) is 5.75 Å². The van der Waals surface area contributed by atoms with Crippen molar-refractivity contribution in [1.82, 2.24) is 0 Å². The van der Waals surface area contributed by atoms with Crippen molar-refractivity contribution in [1.29, 1.82) is 0 Å². The molecule has 0 amide bonds. The summed E-state index contributed by atoms with van der Waals surface area (Å²) in [5.41, 5.74) is 4.55. The molecule has 4 rings (SSSR count). The fraction of sp³-hybridized carbons (Fsp3) is 0.278. The maximum atomic E-state index is 11.0. The van der Waals surface area contributed by atoms with Gasteiger partial charge in [0, 0.05) is 28.9 Å². The van der Waals surface area contributed by atoms with Gasteiger partial charge in [-0.1, -0.05) is 0 Å². The molecule has 0 N–H and O–H groups in total. The average molecular weight is 279 g/mol. The van der Waals surface area contributed by atoms with Gasteiger partial charge in [-0.25, -0.2) is 0 Å². The highest BCUT2D eigenvalue weighted by Crippen LogP contribution is 2.54. The van der Waals surface area contributed by atoms with Gasteiger partial charge in [-0.3, -0.25) is 4.79 Å². The molecule has 0 saturated heterocycles. The number of nitrogens with zero attached hydrogens (tertiary/aromatic N) is 1. The van der Waals surface area contributed by atoms with Gasteiger partial charge in [0.05, 0.1) is 7.11 Å². The third-order valence-corrected chi connectivity index (χ3v) is 4.77. The third-order valence-electron chi connectivity index (χ3n) is 4.77. The molecule has 1 saturated carbocycles. The van der Waals surface area contributed by atoms with Crippen LogP contribution in [0.15, 0.2) is 42.5 Å². The Bertz CT molecular complexity index is 693. The second kappa shape index (κ2) is 4.62. The Labute approximate surface area is 124 Å². The van der Waals surface area contributed by atoms with Crippen LogP contribution in [0.3, 0.4) is 0 Å². The average Bonchev–Trinajstić information content (AvgIpc) is 2.73. The molecular weight excluding hydrogens is 262 g/mol. The lowest BCUT2D eigenvalue weighted by Crippen LogP contribution is -2.37. The Morgan fingerprint density at radius 3 is 2.57 bits per heavy atom. The summed E-state index contributed by atoms with van der Waals surface area (Å²) in [5.74, 6) is 1.45. The van der Waals surface area contributed by atoms with Crippen LogP contribution in [0.1, 0.15) is 34.7 Å². The Morgan fingerprint density at radius 2 is 1.95 bits per heavy atom. The quantitative estimate of drug-likeness (QED) is 0.798. The predicted molar refractivity (Wildman–Crippen MR) is 82.7 cm³/mol. The molecule has 3 heteroatoms. The van der Waals surface area contributed by atoms with Crippen LogP contribution >= 0.6 is 0 Å². The molecule has 0 aromatic heterocycles. The van der Waals surface area contributed by atoms with E-state index in [1.54, 1.807) is 7.11 Å². The molecule has 106 valence electrons. The zero-order valence-electron chi connectivity index (χ0n) is 12.0. The Hall–Kier alpha value is -2.29. The van der Waals surface area contributed by atoms with E-state index < -0.39 is 0 Å². The summed E-state index contributed by atoms with van der Waals surface area (Å²) in [6.07, 6.45) is 3.36. The number of aldehydes is 1. The summed E-state index contributed by atoms with van der Waals surface area (Å²) in [5, 5.41) is 0. The van der Waals surface area contributed by atoms with E-state index in [9.17, 15) is 4.79 Å². The van der Waals surface area contributed by atoms with E-state index in [2.05, 4.69) is 29.2 Å². The number of rotatable bonds is 3. The van der Waals surface area contributed by atoms with E-state index in [4.69, 9.17) is 4.74 Å². The first-order valence-electron chi connectivity index (χ1n) is 7.34. The predicted octanol–water partition coefficient (Wildman–Crippen LogP) is 3.91. The van der Waals surface area contributed by atoms with Gasteiger partial charge in [-0.05, 0) is 60.9 Å². The Balaban J connectivity index is 1.78. The van der Waals surface area contributed by atoms with Crippen LogP contribution in [0.2, 0.25) is 0 Å². The molecule has 0 spiro atoms. The number of hydrogen-bond donors (Lipinski definition) is 0. The molecule has 2 atom stereocenters. The van der Waals surface area contributed by atoms with E-state index in [0.717, 1.165) is 17.6 Å². The molecular formula is C18H17NO2. The highest BCUT2D eigenvalue weighted by molar-refractivity contribution is 5.81. The minimum Gasteiger partial charge on any atom is -0.497 e. The number of benzene rings is 2. The molecule has 1 fully saturated rings. The summed E-state index contributed by atoms with van der Waals surface area (Å²) in [6, 6.07) is 14.8. The molecule has 2 unspecified atom stereocenters. The van der Waals surface area contributed by atoms with E-state index >= 15 is 0 Å². The van der Waals surface area contributed by atoms with Crippen molar-refractivity contribution < 1.29 is 9.53 Å². The fourth-order valence-electron chi connectivity index (χ4n) is 3.57. The van der Waals surface area contributed by atoms with Crippen molar-refractivity contribution in [3.63, 3.8) is 0 Å². The molecule has 2 aliphatic rings.